The number of rotatable bonds is 10. The average molecular weight is 444 g/mol. The Kier molecular flexibility index (Phi) is 8.36. The zero-order valence-corrected chi connectivity index (χ0v) is 17.1. The molecule has 0 saturated heterocycles. The highest BCUT2D eigenvalue weighted by Crippen LogP contribution is 2.24. The van der Waals surface area contributed by atoms with E-state index < -0.39 is 41.0 Å². The number of carbonyl (C=O) groups is 1. The van der Waals surface area contributed by atoms with E-state index in [1.165, 1.54) is 12.1 Å². The number of aromatic nitrogens is 1. The first-order valence-corrected chi connectivity index (χ1v) is 11.1. The van der Waals surface area contributed by atoms with Crippen LogP contribution in [0.25, 0.3) is 11.1 Å². The number of amides is 1. The highest BCUT2D eigenvalue weighted by atomic mass is 32.2. The smallest absolute Gasteiger partial charge is 0.315 e. The van der Waals surface area contributed by atoms with Crippen LogP contribution in [0.3, 0.4) is 0 Å². The molecule has 0 spiro atoms. The molecule has 0 radical (unpaired) electrons. The first kappa shape index (κ1) is 23.8. The molecule has 2 atom stereocenters. The lowest BCUT2D eigenvalue weighted by molar-refractivity contribution is -0.133. The lowest BCUT2D eigenvalue weighted by Gasteiger charge is -2.22. The van der Waals surface area contributed by atoms with Crippen LogP contribution in [0.1, 0.15) is 24.3 Å². The van der Waals surface area contributed by atoms with E-state index in [-0.39, 0.29) is 17.1 Å². The molecule has 2 N–H and O–H groups in total. The largest absolute Gasteiger partial charge is 0.386 e. The van der Waals surface area contributed by atoms with Crippen LogP contribution in [0.15, 0.2) is 42.6 Å². The molecule has 6 nitrogen and oxygen atoms in total. The summed E-state index contributed by atoms with van der Waals surface area (Å²) in [5.74, 6) is -1.54. The average Bonchev–Trinajstić information content (AvgIpc) is 2.76. The molecule has 1 aromatic carbocycles. The maximum Gasteiger partial charge on any atom is 0.315 e. The molecule has 164 valence electrons. The van der Waals surface area contributed by atoms with E-state index in [1.54, 1.807) is 42.7 Å². The van der Waals surface area contributed by atoms with Gasteiger partial charge in [-0.15, -0.1) is 0 Å². The van der Waals surface area contributed by atoms with Crippen molar-refractivity contribution in [1.82, 2.24) is 10.3 Å². The van der Waals surface area contributed by atoms with Crippen LogP contribution in [-0.4, -0.2) is 55.1 Å². The number of hydrogen-bond donors (Lipinski definition) is 2. The molecular weight excluding hydrogens is 421 g/mol. The minimum absolute atomic E-state index is 0.0280. The Morgan fingerprint density at radius 3 is 2.27 bits per heavy atom. The van der Waals surface area contributed by atoms with Crippen LogP contribution in [-0.2, 0) is 21.1 Å². The van der Waals surface area contributed by atoms with E-state index in [4.69, 9.17) is 0 Å². The molecule has 0 unspecified atom stereocenters. The molecule has 0 aliphatic heterocycles. The zero-order chi connectivity index (χ0) is 22.3. The van der Waals surface area contributed by atoms with Crippen LogP contribution in [0.2, 0.25) is 0 Å². The number of halogens is 3. The Balaban J connectivity index is 2.06. The lowest BCUT2D eigenvalue weighted by Crippen LogP contribution is -2.43. The van der Waals surface area contributed by atoms with Crippen molar-refractivity contribution in [2.45, 2.75) is 31.9 Å². The number of aliphatic hydroxyl groups excluding tert-OH is 1. The molecule has 2 aromatic rings. The van der Waals surface area contributed by atoms with Gasteiger partial charge in [-0.1, -0.05) is 37.3 Å². The van der Waals surface area contributed by atoms with E-state index in [1.807, 2.05) is 0 Å². The summed E-state index contributed by atoms with van der Waals surface area (Å²) in [6, 6.07) is 8.29. The van der Waals surface area contributed by atoms with Crippen molar-refractivity contribution in [2.24, 2.45) is 0 Å². The van der Waals surface area contributed by atoms with Gasteiger partial charge in [0.1, 0.15) is 22.6 Å². The van der Waals surface area contributed by atoms with Crippen molar-refractivity contribution in [2.75, 3.05) is 18.2 Å². The second-order valence-electron chi connectivity index (χ2n) is 6.66. The van der Waals surface area contributed by atoms with Crippen molar-refractivity contribution in [3.8, 4) is 11.1 Å². The van der Waals surface area contributed by atoms with Gasteiger partial charge in [-0.2, -0.15) is 8.78 Å². The topological polar surface area (TPSA) is 96.4 Å². The summed E-state index contributed by atoms with van der Waals surface area (Å²) in [7, 11) is -3.07. The lowest BCUT2D eigenvalue weighted by atomic mass is 9.99. The number of nitrogens with one attached hydrogen (secondary N) is 1. The molecule has 2 rings (SSSR count). The SMILES string of the molecule is CCS(=O)(=O)CCc1ccc(-c2ccc([C@@H](O)[C@@H](CF)NC(=O)C(F)F)cc2)cn1. The van der Waals surface area contributed by atoms with Gasteiger partial charge in [0.2, 0.25) is 0 Å². The molecule has 0 aliphatic rings. The van der Waals surface area contributed by atoms with Gasteiger partial charge in [0.25, 0.3) is 5.91 Å². The number of aliphatic hydroxyl groups is 1. The summed E-state index contributed by atoms with van der Waals surface area (Å²) in [4.78, 5) is 15.3. The van der Waals surface area contributed by atoms with Gasteiger partial charge < -0.3 is 10.4 Å². The van der Waals surface area contributed by atoms with E-state index in [0.717, 1.165) is 11.1 Å². The van der Waals surface area contributed by atoms with E-state index >= 15 is 0 Å². The molecule has 1 amide bonds. The Bertz CT molecular complexity index is 936. The van der Waals surface area contributed by atoms with Crippen LogP contribution in [0, 0.1) is 0 Å². The minimum atomic E-state index is -3.30. The Hall–Kier alpha value is -2.46. The highest BCUT2D eigenvalue weighted by molar-refractivity contribution is 7.91. The highest BCUT2D eigenvalue weighted by Gasteiger charge is 2.26. The molecule has 1 heterocycles. The maximum absolute atomic E-state index is 13.1. The molecule has 10 heteroatoms. The number of pyridine rings is 1. The number of nitrogens with zero attached hydrogens (tertiary/aromatic N) is 1. The fraction of sp³-hybridized carbons (Fsp3) is 0.400. The molecule has 0 bridgehead atoms. The molecule has 30 heavy (non-hydrogen) atoms. The third-order valence-corrected chi connectivity index (χ3v) is 6.30. The van der Waals surface area contributed by atoms with Crippen LogP contribution < -0.4 is 5.32 Å². The summed E-state index contributed by atoms with van der Waals surface area (Å²) in [5.41, 5.74) is 2.37. The van der Waals surface area contributed by atoms with E-state index in [2.05, 4.69) is 4.98 Å². The normalized spacial score (nSPS) is 13.8. The second-order valence-corrected chi connectivity index (χ2v) is 9.13. The zero-order valence-electron chi connectivity index (χ0n) is 16.3. The first-order valence-electron chi connectivity index (χ1n) is 9.25. The van der Waals surface area contributed by atoms with E-state index in [0.29, 0.717) is 12.1 Å². The summed E-state index contributed by atoms with van der Waals surface area (Å²) in [6.45, 7) is 0.384. The van der Waals surface area contributed by atoms with Crippen molar-refractivity contribution in [1.29, 1.82) is 0 Å². The fourth-order valence-electron chi connectivity index (χ4n) is 2.70. The van der Waals surface area contributed by atoms with E-state index in [9.17, 15) is 31.5 Å². The van der Waals surface area contributed by atoms with Crippen molar-refractivity contribution >= 4 is 15.7 Å². The Morgan fingerprint density at radius 2 is 1.77 bits per heavy atom. The van der Waals surface area contributed by atoms with Crippen LogP contribution in [0.5, 0.6) is 0 Å². The number of carbonyl (C=O) groups excluding carboxylic acids is 1. The van der Waals surface area contributed by atoms with Gasteiger partial charge in [-0.05, 0) is 17.2 Å². The van der Waals surface area contributed by atoms with Gasteiger partial charge in [-0.3, -0.25) is 9.78 Å². The predicted octanol–water partition coefficient (Wildman–Crippen LogP) is 2.48. The predicted molar refractivity (Wildman–Crippen MR) is 107 cm³/mol. The number of hydrogen-bond acceptors (Lipinski definition) is 5. The van der Waals surface area contributed by atoms with Crippen molar-refractivity contribution in [3.63, 3.8) is 0 Å². The number of alkyl halides is 3. The quantitative estimate of drug-likeness (QED) is 0.587. The summed E-state index contributed by atoms with van der Waals surface area (Å²) >= 11 is 0. The minimum Gasteiger partial charge on any atom is -0.386 e. The summed E-state index contributed by atoms with van der Waals surface area (Å²) in [5, 5.41) is 12.0. The molecule has 0 fully saturated rings. The molecule has 1 aromatic heterocycles. The number of sulfone groups is 1. The number of aryl methyl sites for hydroxylation is 1. The standard InChI is InChI=1S/C20H23F3N2O4S/c1-2-30(28,29)10-9-16-8-7-15(12-24-16)13-3-5-14(6-4-13)18(26)17(11-21)25-20(27)19(22)23/h3-8,12,17-19,26H,2,9-11H2,1H3,(H,25,27)/t17-,18-/m1/s1. The van der Waals surface area contributed by atoms with Gasteiger partial charge in [0.15, 0.2) is 0 Å². The Labute approximate surface area is 173 Å². The van der Waals surface area contributed by atoms with Crippen LogP contribution >= 0.6 is 0 Å². The third-order valence-electron chi connectivity index (χ3n) is 4.59. The number of benzene rings is 1. The summed E-state index contributed by atoms with van der Waals surface area (Å²) < 4.78 is 60.9. The molecular formula is C20H23F3N2O4S. The van der Waals surface area contributed by atoms with Crippen molar-refractivity contribution < 1.29 is 31.5 Å². The maximum atomic E-state index is 13.1. The van der Waals surface area contributed by atoms with Gasteiger partial charge in [-0.25, -0.2) is 12.8 Å². The monoisotopic (exact) mass is 444 g/mol. The fourth-order valence-corrected chi connectivity index (χ4v) is 3.51. The van der Waals surface area contributed by atoms with Gasteiger partial charge >= 0.3 is 6.43 Å². The second kappa shape index (κ2) is 10.5. The van der Waals surface area contributed by atoms with Crippen LogP contribution in [0.4, 0.5) is 13.2 Å². The third kappa shape index (κ3) is 6.53. The molecule has 0 aliphatic carbocycles. The van der Waals surface area contributed by atoms with Gasteiger partial charge in [0.05, 0.1) is 11.8 Å². The first-order chi connectivity index (χ1) is 14.2. The summed E-state index contributed by atoms with van der Waals surface area (Å²) in [6.07, 6.45) is -2.89. The van der Waals surface area contributed by atoms with Gasteiger partial charge in [0, 0.05) is 29.6 Å². The Morgan fingerprint density at radius 1 is 1.13 bits per heavy atom. The van der Waals surface area contributed by atoms with Crippen molar-refractivity contribution in [3.05, 3.63) is 53.9 Å². The molecule has 0 saturated carbocycles.